The van der Waals surface area contributed by atoms with Gasteiger partial charge in [0.2, 0.25) is 0 Å². The third-order valence-electron chi connectivity index (χ3n) is 13.5. The topological polar surface area (TPSA) is 30.7 Å². The first-order chi connectivity index (χ1) is 32.7. The number of para-hydroxylation sites is 1. The molecule has 1 aliphatic carbocycles. The molecule has 0 bridgehead atoms. The van der Waals surface area contributed by atoms with E-state index in [9.17, 15) is 0 Å². The van der Waals surface area contributed by atoms with Crippen LogP contribution >= 0.6 is 0 Å². The first-order valence-electron chi connectivity index (χ1n) is 22.7. The molecule has 3 heteroatoms. The van der Waals surface area contributed by atoms with E-state index in [4.69, 9.17) is 9.97 Å². The van der Waals surface area contributed by atoms with Gasteiger partial charge in [0.1, 0.15) is 0 Å². The second-order valence-corrected chi connectivity index (χ2v) is 17.3. The normalized spacial score (nSPS) is 13.0. The molecule has 0 N–H and O–H groups in total. The predicted octanol–water partition coefficient (Wildman–Crippen LogP) is 16.2. The number of rotatable bonds is 7. The Morgan fingerprint density at radius 3 is 1.70 bits per heavy atom. The highest BCUT2D eigenvalue weighted by Crippen LogP contribution is 2.50. The number of aromatic nitrogens is 3. The zero-order valence-corrected chi connectivity index (χ0v) is 36.0. The summed E-state index contributed by atoms with van der Waals surface area (Å²) in [5.74, 6) is 0.759. The maximum absolute atomic E-state index is 5.19. The fourth-order valence-electron chi connectivity index (χ4n) is 10.4. The van der Waals surface area contributed by atoms with Crippen LogP contribution in [0.15, 0.2) is 243 Å². The maximum Gasteiger partial charge on any atom is 0.160 e. The average molecular weight is 840 g/mol. The molecule has 2 heterocycles. The van der Waals surface area contributed by atoms with Gasteiger partial charge in [0.15, 0.2) is 5.82 Å². The van der Waals surface area contributed by atoms with Gasteiger partial charge in [-0.05, 0) is 109 Å². The molecule has 66 heavy (non-hydrogen) atoms. The number of fused-ring (bicyclic) bond motifs is 7. The Morgan fingerprint density at radius 1 is 0.318 bits per heavy atom. The Morgan fingerprint density at radius 2 is 0.894 bits per heavy atom. The van der Waals surface area contributed by atoms with Gasteiger partial charge in [0.05, 0.1) is 22.4 Å². The van der Waals surface area contributed by atoms with Gasteiger partial charge in [-0.1, -0.05) is 194 Å². The summed E-state index contributed by atoms with van der Waals surface area (Å²) in [7, 11) is 0. The van der Waals surface area contributed by atoms with Gasteiger partial charge in [-0.15, -0.1) is 0 Å². The largest absolute Gasteiger partial charge is 0.309 e. The molecule has 0 saturated carbocycles. The van der Waals surface area contributed by atoms with Crippen LogP contribution in [-0.4, -0.2) is 14.5 Å². The highest BCUT2D eigenvalue weighted by Gasteiger charge is 2.30. The highest BCUT2D eigenvalue weighted by molar-refractivity contribution is 6.10. The van der Waals surface area contributed by atoms with Crippen LogP contribution in [0.4, 0.5) is 0 Å². The molecule has 10 aromatic carbocycles. The Labute approximate surface area is 383 Å². The zero-order chi connectivity index (χ0) is 43.6. The lowest BCUT2D eigenvalue weighted by atomic mass is 9.87. The first kappa shape index (κ1) is 37.9. The maximum atomic E-state index is 5.19. The van der Waals surface area contributed by atoms with E-state index in [1.165, 1.54) is 82.6 Å². The van der Waals surface area contributed by atoms with Crippen LogP contribution in [0, 0.1) is 0 Å². The second-order valence-electron chi connectivity index (χ2n) is 17.3. The van der Waals surface area contributed by atoms with Crippen LogP contribution in [0.2, 0.25) is 0 Å². The van der Waals surface area contributed by atoms with Gasteiger partial charge in [-0.3, -0.25) is 0 Å². The number of nitrogens with zero attached hydrogens (tertiary/aromatic N) is 3. The minimum Gasteiger partial charge on any atom is -0.309 e. The van der Waals surface area contributed by atoms with Crippen LogP contribution in [0.5, 0.6) is 0 Å². The molecule has 1 atom stereocenters. The molecule has 1 unspecified atom stereocenters. The summed E-state index contributed by atoms with van der Waals surface area (Å²) in [6.07, 6.45) is 0. The fourth-order valence-corrected chi connectivity index (χ4v) is 10.4. The van der Waals surface area contributed by atoms with E-state index >= 15 is 0 Å². The Hall–Kier alpha value is -8.66. The highest BCUT2D eigenvalue weighted by atomic mass is 15.0. The van der Waals surface area contributed by atoms with Gasteiger partial charge in [-0.25, -0.2) is 9.97 Å². The summed E-state index contributed by atoms with van der Waals surface area (Å²) < 4.78 is 2.41. The van der Waals surface area contributed by atoms with Crippen molar-refractivity contribution >= 4 is 32.6 Å². The molecule has 2 aromatic heterocycles. The van der Waals surface area contributed by atoms with Crippen molar-refractivity contribution in [1.82, 2.24) is 14.5 Å². The Bertz CT molecular complexity index is 3750. The van der Waals surface area contributed by atoms with Crippen molar-refractivity contribution in [3.05, 3.63) is 259 Å². The summed E-state index contributed by atoms with van der Waals surface area (Å²) in [6.45, 7) is 0. The van der Waals surface area contributed by atoms with E-state index in [1.54, 1.807) is 0 Å². The molecular weight excluding hydrogens is 799 g/mol. The summed E-state index contributed by atoms with van der Waals surface area (Å²) >= 11 is 0. The Kier molecular flexibility index (Phi) is 8.92. The minimum absolute atomic E-state index is 0.0458. The molecule has 3 nitrogen and oxygen atoms in total. The van der Waals surface area contributed by atoms with Crippen LogP contribution in [-0.2, 0) is 0 Å². The van der Waals surface area contributed by atoms with Gasteiger partial charge < -0.3 is 4.57 Å². The number of benzene rings is 10. The van der Waals surface area contributed by atoms with Crippen molar-refractivity contribution in [1.29, 1.82) is 0 Å². The van der Waals surface area contributed by atoms with Gasteiger partial charge in [-0.2, -0.15) is 0 Å². The lowest BCUT2D eigenvalue weighted by Gasteiger charge is -2.17. The fraction of sp³-hybridized carbons (Fsp3) is 0.0159. The molecular formula is C63H41N3. The lowest BCUT2D eigenvalue weighted by Crippen LogP contribution is -2.01. The van der Waals surface area contributed by atoms with E-state index in [1.807, 2.05) is 12.1 Å². The van der Waals surface area contributed by atoms with E-state index < -0.39 is 0 Å². The van der Waals surface area contributed by atoms with Crippen LogP contribution in [0.1, 0.15) is 22.6 Å². The third kappa shape index (κ3) is 6.36. The quantitative estimate of drug-likeness (QED) is 0.160. The molecule has 0 aliphatic heterocycles. The third-order valence-corrected chi connectivity index (χ3v) is 13.5. The van der Waals surface area contributed by atoms with E-state index in [2.05, 4.69) is 235 Å². The summed E-state index contributed by atoms with van der Waals surface area (Å²) in [5, 5.41) is 5.00. The van der Waals surface area contributed by atoms with Crippen molar-refractivity contribution in [2.75, 3.05) is 0 Å². The molecule has 308 valence electrons. The average Bonchev–Trinajstić information content (AvgIpc) is 3.91. The Balaban J connectivity index is 0.896. The monoisotopic (exact) mass is 839 g/mol. The van der Waals surface area contributed by atoms with Crippen molar-refractivity contribution < 1.29 is 0 Å². The van der Waals surface area contributed by atoms with Crippen molar-refractivity contribution in [3.63, 3.8) is 0 Å². The second kappa shape index (κ2) is 15.5. The van der Waals surface area contributed by atoms with Gasteiger partial charge >= 0.3 is 0 Å². The first-order valence-corrected chi connectivity index (χ1v) is 22.7. The summed E-state index contributed by atoms with van der Waals surface area (Å²) in [6, 6.07) is 87.7. The number of hydrogen-bond donors (Lipinski definition) is 0. The SMILES string of the molecule is c1ccc(-c2cc(-c3ccccc3)nc(-c3cccc(C4c5ccccc5-c5ccc(-c6ccc7c(c6)c6ccccc6n7-c6ccc(-c7cccc8ccccc78)cc6)cc54)c3)n2)cc1. The minimum atomic E-state index is 0.0458. The van der Waals surface area contributed by atoms with Gasteiger partial charge in [0, 0.05) is 39.1 Å². The van der Waals surface area contributed by atoms with E-state index in [0.29, 0.717) is 5.82 Å². The van der Waals surface area contributed by atoms with Crippen LogP contribution in [0.3, 0.4) is 0 Å². The standard InChI is InChI=1S/C63H41N3/c1-3-16-43(17-4-1)58-40-59(44-18-5-2-6-19-44)65-63(64-58)48-22-13-21-47(37-48)62-55-26-10-9-24-52(55)53-35-31-45(39-57(53)62)46-32-36-61-56(38-46)54-25-11-12-28-60(54)66(61)49-33-29-42(30-34-49)51-27-14-20-41-15-7-8-23-50(41)51/h1-40,62H. The molecule has 0 radical (unpaired) electrons. The molecule has 0 fully saturated rings. The zero-order valence-electron chi connectivity index (χ0n) is 36.0. The van der Waals surface area contributed by atoms with Crippen molar-refractivity contribution in [2.45, 2.75) is 5.92 Å². The van der Waals surface area contributed by atoms with Gasteiger partial charge in [0.25, 0.3) is 0 Å². The van der Waals surface area contributed by atoms with E-state index in [-0.39, 0.29) is 5.92 Å². The lowest BCUT2D eigenvalue weighted by molar-refractivity contribution is 1.01. The molecule has 13 rings (SSSR count). The smallest absolute Gasteiger partial charge is 0.160 e. The predicted molar refractivity (Wildman–Crippen MR) is 274 cm³/mol. The molecule has 0 saturated heterocycles. The van der Waals surface area contributed by atoms with Crippen LogP contribution in [0.25, 0.3) is 106 Å². The molecule has 12 aromatic rings. The summed E-state index contributed by atoms with van der Waals surface area (Å²) in [4.78, 5) is 10.4. The van der Waals surface area contributed by atoms with E-state index in [0.717, 1.165) is 33.8 Å². The van der Waals surface area contributed by atoms with Crippen molar-refractivity contribution in [3.8, 4) is 73.0 Å². The summed E-state index contributed by atoms with van der Waals surface area (Å²) in [5.41, 5.74) is 19.7. The molecule has 0 amide bonds. The van der Waals surface area contributed by atoms with Crippen molar-refractivity contribution in [2.24, 2.45) is 0 Å². The van der Waals surface area contributed by atoms with Crippen LogP contribution < -0.4 is 0 Å². The molecule has 0 spiro atoms. The number of hydrogen-bond acceptors (Lipinski definition) is 2. The molecule has 1 aliphatic rings.